The number of hydrogen-bond acceptors (Lipinski definition) is 5. The molecule has 7 heteroatoms. The minimum absolute atomic E-state index is 0.269. The third-order valence-electron chi connectivity index (χ3n) is 6.78. The van der Waals surface area contributed by atoms with Gasteiger partial charge in [-0.05, 0) is 56.1 Å². The van der Waals surface area contributed by atoms with Gasteiger partial charge in [-0.15, -0.1) is 0 Å². The first-order chi connectivity index (χ1) is 16.1. The number of ether oxygens (including phenoxy) is 1. The molecule has 2 aliphatic rings. The Morgan fingerprint density at radius 2 is 2.00 bits per heavy atom. The van der Waals surface area contributed by atoms with Gasteiger partial charge >= 0.3 is 6.09 Å². The lowest BCUT2D eigenvalue weighted by molar-refractivity contribution is 0.0990. The van der Waals surface area contributed by atoms with Crippen LogP contribution in [-0.4, -0.2) is 45.8 Å². The molecule has 1 spiro atoms. The molecule has 1 unspecified atom stereocenters. The molecular weight excluding hydrogens is 414 g/mol. The number of aromatic nitrogens is 2. The van der Waals surface area contributed by atoms with E-state index < -0.39 is 0 Å². The van der Waals surface area contributed by atoms with Gasteiger partial charge in [0, 0.05) is 6.54 Å². The highest BCUT2D eigenvalue weighted by Gasteiger charge is 2.52. The predicted molar refractivity (Wildman–Crippen MR) is 124 cm³/mol. The van der Waals surface area contributed by atoms with Crippen LogP contribution < -0.4 is 5.32 Å². The van der Waals surface area contributed by atoms with Crippen molar-refractivity contribution in [3.8, 4) is 6.07 Å². The first-order valence-corrected chi connectivity index (χ1v) is 11.3. The van der Waals surface area contributed by atoms with Crippen molar-refractivity contribution in [3.63, 3.8) is 0 Å². The topological polar surface area (TPSA) is 83.2 Å². The smallest absolute Gasteiger partial charge is 0.411 e. The molecule has 2 aromatic carbocycles. The van der Waals surface area contributed by atoms with Crippen LogP contribution in [-0.2, 0) is 11.3 Å². The number of rotatable bonds is 5. The van der Waals surface area contributed by atoms with Gasteiger partial charge in [-0.1, -0.05) is 42.0 Å². The molecule has 0 bridgehead atoms. The Morgan fingerprint density at radius 1 is 1.21 bits per heavy atom. The van der Waals surface area contributed by atoms with Gasteiger partial charge in [-0.25, -0.2) is 9.78 Å². The number of nitrogens with zero attached hydrogens (tertiary/aromatic N) is 4. The standard InChI is InChI=1S/C26H27N5O2/c1-19-3-2-4-22(13-19)24(31-25(32)33-17-26(31)9-11-28-12-10-26)23-15-29-18-30(23)16-21-7-5-20(14-27)6-8-21/h2-8,13,15,18,24,28H,9-12,16-17H2,1H3. The summed E-state index contributed by atoms with van der Waals surface area (Å²) in [6.45, 7) is 4.80. The number of imidazole rings is 1. The molecule has 1 atom stereocenters. The molecule has 1 N–H and O–H groups in total. The Kier molecular flexibility index (Phi) is 5.61. The molecule has 0 radical (unpaired) electrons. The minimum atomic E-state index is -0.333. The second-order valence-corrected chi connectivity index (χ2v) is 8.97. The zero-order valence-electron chi connectivity index (χ0n) is 18.7. The van der Waals surface area contributed by atoms with Gasteiger partial charge in [0.25, 0.3) is 0 Å². The van der Waals surface area contributed by atoms with Gasteiger partial charge in [0.15, 0.2) is 0 Å². The highest BCUT2D eigenvalue weighted by molar-refractivity contribution is 5.73. The van der Waals surface area contributed by atoms with Crippen molar-refractivity contribution in [2.24, 2.45) is 0 Å². The molecule has 5 rings (SSSR count). The highest BCUT2D eigenvalue weighted by atomic mass is 16.6. The molecule has 2 aliphatic heterocycles. The number of carbonyl (C=O) groups is 1. The molecule has 1 aromatic heterocycles. The van der Waals surface area contributed by atoms with E-state index in [1.807, 2.05) is 47.8 Å². The maximum absolute atomic E-state index is 13.2. The Hall–Kier alpha value is -3.63. The SMILES string of the molecule is Cc1cccc(C(c2cncn2Cc2ccc(C#N)cc2)N2C(=O)OCC23CCNCC3)c1. The van der Waals surface area contributed by atoms with Crippen LogP contribution in [0.3, 0.4) is 0 Å². The van der Waals surface area contributed by atoms with Gasteiger partial charge in [-0.3, -0.25) is 4.90 Å². The Morgan fingerprint density at radius 3 is 2.73 bits per heavy atom. The average molecular weight is 442 g/mol. The molecule has 3 aromatic rings. The van der Waals surface area contributed by atoms with E-state index in [-0.39, 0.29) is 17.7 Å². The second kappa shape index (κ2) is 8.72. The Labute approximate surface area is 193 Å². The summed E-state index contributed by atoms with van der Waals surface area (Å²) < 4.78 is 7.76. The fourth-order valence-corrected chi connectivity index (χ4v) is 5.05. The number of hydrogen-bond donors (Lipinski definition) is 1. The first kappa shape index (κ1) is 21.2. The van der Waals surface area contributed by atoms with Crippen LogP contribution in [0.15, 0.2) is 61.1 Å². The zero-order chi connectivity index (χ0) is 22.8. The predicted octanol–water partition coefficient (Wildman–Crippen LogP) is 3.78. The highest BCUT2D eigenvalue weighted by Crippen LogP contribution is 2.42. The molecule has 0 aliphatic carbocycles. The molecule has 2 saturated heterocycles. The number of nitriles is 1. The number of benzene rings is 2. The van der Waals surface area contributed by atoms with Crippen molar-refractivity contribution >= 4 is 6.09 Å². The van der Waals surface area contributed by atoms with Crippen LogP contribution in [0.5, 0.6) is 0 Å². The van der Waals surface area contributed by atoms with Gasteiger partial charge in [0.2, 0.25) is 0 Å². The summed E-state index contributed by atoms with van der Waals surface area (Å²) in [5, 5.41) is 12.5. The number of carbonyl (C=O) groups excluding carboxylic acids is 1. The first-order valence-electron chi connectivity index (χ1n) is 11.3. The van der Waals surface area contributed by atoms with Crippen LogP contribution in [0.25, 0.3) is 0 Å². The van der Waals surface area contributed by atoms with E-state index in [1.165, 1.54) is 0 Å². The maximum atomic E-state index is 13.2. The van der Waals surface area contributed by atoms with E-state index in [9.17, 15) is 4.79 Å². The summed E-state index contributed by atoms with van der Waals surface area (Å²) in [4.78, 5) is 19.6. The zero-order valence-corrected chi connectivity index (χ0v) is 18.7. The third-order valence-corrected chi connectivity index (χ3v) is 6.78. The Balaban J connectivity index is 1.58. The fraction of sp³-hybridized carbons (Fsp3) is 0.346. The number of piperidine rings is 1. The van der Waals surface area contributed by atoms with E-state index in [0.29, 0.717) is 18.7 Å². The van der Waals surface area contributed by atoms with E-state index in [2.05, 4.69) is 46.1 Å². The van der Waals surface area contributed by atoms with Gasteiger partial charge < -0.3 is 14.6 Å². The van der Waals surface area contributed by atoms with E-state index in [4.69, 9.17) is 10.00 Å². The lowest BCUT2D eigenvalue weighted by atomic mass is 9.85. The van der Waals surface area contributed by atoms with Crippen LogP contribution in [0.4, 0.5) is 4.79 Å². The van der Waals surface area contributed by atoms with E-state index in [0.717, 1.165) is 48.3 Å². The van der Waals surface area contributed by atoms with Crippen molar-refractivity contribution in [2.75, 3.05) is 19.7 Å². The van der Waals surface area contributed by atoms with Crippen molar-refractivity contribution in [1.29, 1.82) is 5.26 Å². The lowest BCUT2D eigenvalue weighted by Gasteiger charge is -2.43. The third kappa shape index (κ3) is 3.98. The number of nitrogens with one attached hydrogen (secondary N) is 1. The lowest BCUT2D eigenvalue weighted by Crippen LogP contribution is -2.55. The largest absolute Gasteiger partial charge is 0.447 e. The normalized spacial score (nSPS) is 18.2. The monoisotopic (exact) mass is 441 g/mol. The summed E-state index contributed by atoms with van der Waals surface area (Å²) in [5.74, 6) is 0. The van der Waals surface area contributed by atoms with Crippen LogP contribution in [0, 0.1) is 18.3 Å². The molecular formula is C26H27N5O2. The van der Waals surface area contributed by atoms with Crippen molar-refractivity contribution in [2.45, 2.75) is 37.9 Å². The summed E-state index contributed by atoms with van der Waals surface area (Å²) in [6, 6.07) is 17.8. The number of amides is 1. The Bertz CT molecular complexity index is 1190. The molecule has 168 valence electrons. The summed E-state index contributed by atoms with van der Waals surface area (Å²) in [7, 11) is 0. The fourth-order valence-electron chi connectivity index (χ4n) is 5.05. The number of aryl methyl sites for hydroxylation is 1. The summed E-state index contributed by atoms with van der Waals surface area (Å²) in [5.41, 5.74) is 4.50. The van der Waals surface area contributed by atoms with Crippen LogP contribution in [0.2, 0.25) is 0 Å². The second-order valence-electron chi connectivity index (χ2n) is 8.97. The molecule has 33 heavy (non-hydrogen) atoms. The summed E-state index contributed by atoms with van der Waals surface area (Å²) in [6.07, 6.45) is 5.11. The molecule has 7 nitrogen and oxygen atoms in total. The van der Waals surface area contributed by atoms with Gasteiger partial charge in [-0.2, -0.15) is 5.26 Å². The van der Waals surface area contributed by atoms with E-state index >= 15 is 0 Å². The van der Waals surface area contributed by atoms with E-state index in [1.54, 1.807) is 0 Å². The van der Waals surface area contributed by atoms with Crippen LogP contribution in [0.1, 0.15) is 46.8 Å². The molecule has 2 fully saturated rings. The molecule has 0 saturated carbocycles. The average Bonchev–Trinajstić information content (AvgIpc) is 3.41. The van der Waals surface area contributed by atoms with Crippen molar-refractivity contribution in [3.05, 3.63) is 89.0 Å². The molecule has 1 amide bonds. The summed E-state index contributed by atoms with van der Waals surface area (Å²) >= 11 is 0. The minimum Gasteiger partial charge on any atom is -0.447 e. The quantitative estimate of drug-likeness (QED) is 0.652. The van der Waals surface area contributed by atoms with Crippen LogP contribution >= 0.6 is 0 Å². The molecule has 3 heterocycles. The maximum Gasteiger partial charge on any atom is 0.411 e. The number of cyclic esters (lactones) is 1. The van der Waals surface area contributed by atoms with Gasteiger partial charge in [0.1, 0.15) is 12.6 Å². The van der Waals surface area contributed by atoms with Crippen molar-refractivity contribution < 1.29 is 9.53 Å². The van der Waals surface area contributed by atoms with Gasteiger partial charge in [0.05, 0.1) is 35.4 Å². The van der Waals surface area contributed by atoms with Crippen molar-refractivity contribution in [1.82, 2.24) is 19.8 Å².